The van der Waals surface area contributed by atoms with Crippen LogP contribution in [0, 0.1) is 0 Å². The number of piperazine rings is 1. The number of halogens is 1. The van der Waals surface area contributed by atoms with Gasteiger partial charge in [-0.3, -0.25) is 9.59 Å². The van der Waals surface area contributed by atoms with E-state index in [2.05, 4.69) is 0 Å². The van der Waals surface area contributed by atoms with Gasteiger partial charge in [0.15, 0.2) is 0 Å². The van der Waals surface area contributed by atoms with Crippen LogP contribution in [0.25, 0.3) is 0 Å². The molecule has 0 radical (unpaired) electrons. The molecule has 4 nitrogen and oxygen atoms in total. The molecule has 2 aliphatic rings. The van der Waals surface area contributed by atoms with Gasteiger partial charge in [0, 0.05) is 17.6 Å². The summed E-state index contributed by atoms with van der Waals surface area (Å²) in [6.45, 7) is 0.609. The second kappa shape index (κ2) is 8.36. The van der Waals surface area contributed by atoms with Crippen LogP contribution in [-0.4, -0.2) is 34.2 Å². The number of nitrogens with zero attached hydrogens (tertiary/aromatic N) is 2. The van der Waals surface area contributed by atoms with Crippen LogP contribution in [0.15, 0.2) is 54.6 Å². The molecule has 1 aliphatic heterocycles. The number of carbonyl (C=O) groups is 2. The highest BCUT2D eigenvalue weighted by Gasteiger charge is 2.42. The Morgan fingerprint density at radius 2 is 1.57 bits per heavy atom. The van der Waals surface area contributed by atoms with E-state index in [1.165, 1.54) is 6.42 Å². The van der Waals surface area contributed by atoms with E-state index < -0.39 is 6.04 Å². The summed E-state index contributed by atoms with van der Waals surface area (Å²) in [5, 5.41) is 0.622. The third-order valence-corrected chi connectivity index (χ3v) is 6.10. The predicted octanol–water partition coefficient (Wildman–Crippen LogP) is 4.58. The minimum Gasteiger partial charge on any atom is -0.328 e. The molecule has 0 spiro atoms. The molecule has 1 atom stereocenters. The number of rotatable bonds is 4. The number of amides is 2. The van der Waals surface area contributed by atoms with E-state index in [4.69, 9.17) is 11.6 Å². The lowest BCUT2D eigenvalue weighted by atomic mass is 9.91. The largest absolute Gasteiger partial charge is 0.328 e. The summed E-state index contributed by atoms with van der Waals surface area (Å²) in [4.78, 5) is 30.3. The lowest BCUT2D eigenvalue weighted by Crippen LogP contribution is -2.58. The van der Waals surface area contributed by atoms with Crippen molar-refractivity contribution in [2.45, 2.75) is 50.7 Å². The maximum atomic E-state index is 13.6. The minimum atomic E-state index is -0.597. The Bertz CT molecular complexity index is 831. The highest BCUT2D eigenvalue weighted by Crippen LogP contribution is 2.33. The first kappa shape index (κ1) is 19.0. The summed E-state index contributed by atoms with van der Waals surface area (Å²) in [5.74, 6) is 0.0405. The van der Waals surface area contributed by atoms with Crippen molar-refractivity contribution in [2.24, 2.45) is 0 Å². The Labute approximate surface area is 171 Å². The highest BCUT2D eigenvalue weighted by atomic mass is 35.5. The minimum absolute atomic E-state index is 0.00831. The quantitative estimate of drug-likeness (QED) is 0.758. The van der Waals surface area contributed by atoms with E-state index in [-0.39, 0.29) is 24.4 Å². The molecule has 1 saturated heterocycles. The Kier molecular flexibility index (Phi) is 5.67. The monoisotopic (exact) mass is 396 g/mol. The summed E-state index contributed by atoms with van der Waals surface area (Å²) in [7, 11) is 0. The van der Waals surface area contributed by atoms with Crippen LogP contribution in [0.5, 0.6) is 0 Å². The second-order valence-electron chi connectivity index (χ2n) is 7.72. The maximum Gasteiger partial charge on any atom is 0.250 e. The lowest BCUT2D eigenvalue weighted by molar-refractivity contribution is -0.160. The van der Waals surface area contributed by atoms with Crippen LogP contribution in [0.1, 0.15) is 49.3 Å². The number of benzene rings is 2. The molecule has 0 N–H and O–H groups in total. The van der Waals surface area contributed by atoms with Crippen LogP contribution >= 0.6 is 11.6 Å². The van der Waals surface area contributed by atoms with Crippen molar-refractivity contribution in [2.75, 3.05) is 6.54 Å². The summed E-state index contributed by atoms with van der Waals surface area (Å²) in [6, 6.07) is 16.7. The Morgan fingerprint density at radius 3 is 2.25 bits per heavy atom. The molecular weight excluding hydrogens is 372 g/mol. The number of carbonyl (C=O) groups excluding carboxylic acids is 2. The van der Waals surface area contributed by atoms with Gasteiger partial charge in [0.25, 0.3) is 5.91 Å². The molecule has 4 rings (SSSR count). The van der Waals surface area contributed by atoms with Gasteiger partial charge in [0.1, 0.15) is 12.6 Å². The van der Waals surface area contributed by atoms with Crippen molar-refractivity contribution in [1.29, 1.82) is 0 Å². The van der Waals surface area contributed by atoms with E-state index in [1.54, 1.807) is 17.0 Å². The molecule has 146 valence electrons. The van der Waals surface area contributed by atoms with Crippen molar-refractivity contribution in [3.8, 4) is 0 Å². The number of hydrogen-bond donors (Lipinski definition) is 0. The van der Waals surface area contributed by atoms with Gasteiger partial charge in [-0.2, -0.15) is 0 Å². The second-order valence-corrected chi connectivity index (χ2v) is 8.16. The van der Waals surface area contributed by atoms with Crippen molar-refractivity contribution in [3.63, 3.8) is 0 Å². The molecule has 2 fully saturated rings. The van der Waals surface area contributed by atoms with Crippen molar-refractivity contribution >= 4 is 23.4 Å². The SMILES string of the molecule is O=C1C(c2ccc(Cl)cc2)N(Cc2ccccc2)C(=O)CN1C1CCCCC1. The van der Waals surface area contributed by atoms with E-state index in [0.717, 1.165) is 36.8 Å². The maximum absolute atomic E-state index is 13.6. The van der Waals surface area contributed by atoms with Crippen LogP contribution < -0.4 is 0 Å². The van der Waals surface area contributed by atoms with Crippen LogP contribution in [0.4, 0.5) is 0 Å². The van der Waals surface area contributed by atoms with E-state index in [0.29, 0.717) is 11.6 Å². The summed E-state index contributed by atoms with van der Waals surface area (Å²) < 4.78 is 0. The van der Waals surface area contributed by atoms with Gasteiger partial charge in [-0.25, -0.2) is 0 Å². The third kappa shape index (κ3) is 3.93. The summed E-state index contributed by atoms with van der Waals surface area (Å²) in [5.41, 5.74) is 1.84. The van der Waals surface area contributed by atoms with E-state index in [9.17, 15) is 9.59 Å². The van der Waals surface area contributed by atoms with Crippen molar-refractivity contribution in [3.05, 3.63) is 70.7 Å². The average molecular weight is 397 g/mol. The fourth-order valence-electron chi connectivity index (χ4n) is 4.38. The molecule has 1 unspecified atom stereocenters. The van der Waals surface area contributed by atoms with Crippen LogP contribution in [0.2, 0.25) is 5.02 Å². The fourth-order valence-corrected chi connectivity index (χ4v) is 4.50. The van der Waals surface area contributed by atoms with Crippen molar-refractivity contribution < 1.29 is 9.59 Å². The van der Waals surface area contributed by atoms with E-state index in [1.807, 2.05) is 47.4 Å². The van der Waals surface area contributed by atoms with Gasteiger partial charge >= 0.3 is 0 Å². The molecule has 2 aromatic rings. The first-order valence-electron chi connectivity index (χ1n) is 10.0. The standard InChI is InChI=1S/C23H25ClN2O2/c24-19-13-11-18(12-14-19)22-23(28)25(20-9-5-2-6-10-20)16-21(27)26(22)15-17-7-3-1-4-8-17/h1,3-4,7-8,11-14,20,22H,2,5-6,9-10,15-16H2. The molecule has 1 saturated carbocycles. The van der Waals surface area contributed by atoms with Crippen molar-refractivity contribution in [1.82, 2.24) is 9.80 Å². The first-order chi connectivity index (χ1) is 13.6. The molecule has 0 aromatic heterocycles. The van der Waals surface area contributed by atoms with Gasteiger partial charge in [0.05, 0.1) is 0 Å². The molecule has 2 aromatic carbocycles. The highest BCUT2D eigenvalue weighted by molar-refractivity contribution is 6.30. The first-order valence-corrected chi connectivity index (χ1v) is 10.4. The van der Waals surface area contributed by atoms with Gasteiger partial charge in [-0.15, -0.1) is 0 Å². The Morgan fingerprint density at radius 1 is 0.893 bits per heavy atom. The smallest absolute Gasteiger partial charge is 0.250 e. The normalized spacial score (nSPS) is 21.2. The van der Waals surface area contributed by atoms with E-state index >= 15 is 0 Å². The topological polar surface area (TPSA) is 40.6 Å². The van der Waals surface area contributed by atoms with Gasteiger partial charge in [-0.1, -0.05) is 73.3 Å². The molecule has 0 bridgehead atoms. The molecular formula is C23H25ClN2O2. The Balaban J connectivity index is 1.67. The molecule has 28 heavy (non-hydrogen) atoms. The molecule has 2 amide bonds. The third-order valence-electron chi connectivity index (χ3n) is 5.85. The zero-order valence-corrected chi connectivity index (χ0v) is 16.6. The lowest BCUT2D eigenvalue weighted by Gasteiger charge is -2.44. The predicted molar refractivity (Wildman–Crippen MR) is 110 cm³/mol. The zero-order chi connectivity index (χ0) is 19.5. The van der Waals surface area contributed by atoms with Gasteiger partial charge in [-0.05, 0) is 36.1 Å². The summed E-state index contributed by atoms with van der Waals surface area (Å²) in [6.07, 6.45) is 5.45. The number of hydrogen-bond acceptors (Lipinski definition) is 2. The van der Waals surface area contributed by atoms with Gasteiger partial charge in [0.2, 0.25) is 5.91 Å². The molecule has 1 aliphatic carbocycles. The average Bonchev–Trinajstić information content (AvgIpc) is 2.73. The van der Waals surface area contributed by atoms with Gasteiger partial charge < -0.3 is 9.80 Å². The molecule has 5 heteroatoms. The zero-order valence-electron chi connectivity index (χ0n) is 15.9. The summed E-state index contributed by atoms with van der Waals surface area (Å²) >= 11 is 6.06. The van der Waals surface area contributed by atoms with Crippen LogP contribution in [-0.2, 0) is 16.1 Å². The molecule has 1 heterocycles. The fraction of sp³-hybridized carbons (Fsp3) is 0.391. The Hall–Kier alpha value is -2.33. The van der Waals surface area contributed by atoms with Crippen LogP contribution in [0.3, 0.4) is 0 Å².